The van der Waals surface area contributed by atoms with Gasteiger partial charge < -0.3 is 5.32 Å². The maximum atomic E-state index is 3.43. The Labute approximate surface area is 64.2 Å². The van der Waals surface area contributed by atoms with Gasteiger partial charge in [-0.2, -0.15) is 0 Å². The van der Waals surface area contributed by atoms with E-state index < -0.39 is 0 Å². The van der Waals surface area contributed by atoms with Crippen molar-refractivity contribution in [3.8, 4) is 0 Å². The van der Waals surface area contributed by atoms with Crippen LogP contribution in [0, 0.1) is 5.92 Å². The van der Waals surface area contributed by atoms with Gasteiger partial charge in [-0.15, -0.1) is 0 Å². The van der Waals surface area contributed by atoms with Gasteiger partial charge in [-0.05, 0) is 32.7 Å². The van der Waals surface area contributed by atoms with E-state index in [2.05, 4.69) is 26.2 Å². The monoisotopic (exact) mass is 141 g/mol. The summed E-state index contributed by atoms with van der Waals surface area (Å²) in [7, 11) is 2.09. The minimum atomic E-state index is 0.429. The lowest BCUT2D eigenvalue weighted by molar-refractivity contribution is 0.186. The third-order valence-corrected chi connectivity index (χ3v) is 3.24. The fourth-order valence-electron chi connectivity index (χ4n) is 1.88. The zero-order valence-electron chi connectivity index (χ0n) is 7.41. The van der Waals surface area contributed by atoms with Gasteiger partial charge in [0.15, 0.2) is 0 Å². The molecule has 1 saturated carbocycles. The fourth-order valence-corrected chi connectivity index (χ4v) is 1.88. The van der Waals surface area contributed by atoms with Gasteiger partial charge in [-0.3, -0.25) is 0 Å². The van der Waals surface area contributed by atoms with Gasteiger partial charge in [0.25, 0.3) is 0 Å². The van der Waals surface area contributed by atoms with Crippen LogP contribution in [0.25, 0.3) is 0 Å². The summed E-state index contributed by atoms with van der Waals surface area (Å²) in [6.07, 6.45) is 5.59. The highest BCUT2D eigenvalue weighted by Gasteiger charge is 2.31. The van der Waals surface area contributed by atoms with Gasteiger partial charge in [0.1, 0.15) is 0 Å². The first kappa shape index (κ1) is 8.06. The highest BCUT2D eigenvalue weighted by molar-refractivity contribution is 4.89. The minimum absolute atomic E-state index is 0.429. The molecule has 1 N–H and O–H groups in total. The number of hydrogen-bond acceptors (Lipinski definition) is 1. The third-order valence-electron chi connectivity index (χ3n) is 3.24. The largest absolute Gasteiger partial charge is 0.314 e. The lowest BCUT2D eigenvalue weighted by atomic mass is 9.75. The second-order valence-electron chi connectivity index (χ2n) is 3.81. The second kappa shape index (κ2) is 2.91. The average molecular weight is 141 g/mol. The summed E-state index contributed by atoms with van der Waals surface area (Å²) in [6, 6.07) is 0. The molecule has 0 aromatic rings. The van der Waals surface area contributed by atoms with Crippen LogP contribution in [-0.4, -0.2) is 12.6 Å². The molecule has 2 unspecified atom stereocenters. The van der Waals surface area contributed by atoms with Crippen molar-refractivity contribution >= 4 is 0 Å². The van der Waals surface area contributed by atoms with Gasteiger partial charge >= 0.3 is 0 Å². The molecule has 1 aliphatic carbocycles. The Morgan fingerprint density at radius 2 is 2.10 bits per heavy atom. The average Bonchev–Trinajstić information content (AvgIpc) is 1.96. The zero-order chi connectivity index (χ0) is 7.61. The molecule has 60 valence electrons. The maximum absolute atomic E-state index is 3.43. The molecule has 1 heteroatoms. The van der Waals surface area contributed by atoms with E-state index >= 15 is 0 Å². The molecular formula is C9H19N. The van der Waals surface area contributed by atoms with Crippen molar-refractivity contribution in [1.82, 2.24) is 5.32 Å². The lowest BCUT2D eigenvalue weighted by Gasteiger charge is -2.39. The molecule has 0 aromatic heterocycles. The molecule has 1 nitrogen and oxygen atoms in total. The molecule has 1 fully saturated rings. The molecule has 0 aliphatic heterocycles. The molecule has 1 aliphatic rings. The summed E-state index contributed by atoms with van der Waals surface area (Å²) in [5.41, 5.74) is 0.429. The van der Waals surface area contributed by atoms with Crippen LogP contribution in [0.15, 0.2) is 0 Å². The van der Waals surface area contributed by atoms with Gasteiger partial charge in [0, 0.05) is 5.54 Å². The predicted molar refractivity (Wildman–Crippen MR) is 45.1 cm³/mol. The summed E-state index contributed by atoms with van der Waals surface area (Å²) < 4.78 is 0. The molecule has 2 atom stereocenters. The number of hydrogen-bond donors (Lipinski definition) is 1. The van der Waals surface area contributed by atoms with Crippen LogP contribution in [0.2, 0.25) is 0 Å². The highest BCUT2D eigenvalue weighted by Crippen LogP contribution is 2.32. The van der Waals surface area contributed by atoms with Crippen molar-refractivity contribution < 1.29 is 0 Å². The van der Waals surface area contributed by atoms with Crippen LogP contribution in [-0.2, 0) is 0 Å². The van der Waals surface area contributed by atoms with Crippen molar-refractivity contribution in [2.24, 2.45) is 5.92 Å². The van der Waals surface area contributed by atoms with Crippen LogP contribution in [0.4, 0.5) is 0 Å². The van der Waals surface area contributed by atoms with Gasteiger partial charge in [0.2, 0.25) is 0 Å². The van der Waals surface area contributed by atoms with Crippen LogP contribution < -0.4 is 5.32 Å². The third kappa shape index (κ3) is 1.34. The summed E-state index contributed by atoms with van der Waals surface area (Å²) in [6.45, 7) is 4.70. The molecular weight excluding hydrogens is 122 g/mol. The lowest BCUT2D eigenvalue weighted by Crippen LogP contribution is -2.47. The Hall–Kier alpha value is -0.0400. The molecule has 0 spiro atoms. The quantitative estimate of drug-likeness (QED) is 0.590. The second-order valence-corrected chi connectivity index (χ2v) is 3.81. The molecule has 1 rings (SSSR count). The van der Waals surface area contributed by atoms with Crippen molar-refractivity contribution in [2.75, 3.05) is 7.05 Å². The van der Waals surface area contributed by atoms with E-state index in [1.165, 1.54) is 25.7 Å². The zero-order valence-corrected chi connectivity index (χ0v) is 7.41. The minimum Gasteiger partial charge on any atom is -0.314 e. The standard InChI is InChI=1S/C9H19N/c1-8-6-4-5-7-9(8,2)10-3/h8,10H,4-7H2,1-3H3. The van der Waals surface area contributed by atoms with E-state index in [4.69, 9.17) is 0 Å². The molecule has 0 saturated heterocycles. The maximum Gasteiger partial charge on any atom is 0.0175 e. The topological polar surface area (TPSA) is 12.0 Å². The summed E-state index contributed by atoms with van der Waals surface area (Å²) in [4.78, 5) is 0. The Balaban J connectivity index is 2.54. The Morgan fingerprint density at radius 1 is 1.40 bits per heavy atom. The molecule has 0 radical (unpaired) electrons. The Bertz CT molecular complexity index is 111. The van der Waals surface area contributed by atoms with Crippen LogP contribution in [0.5, 0.6) is 0 Å². The van der Waals surface area contributed by atoms with Gasteiger partial charge in [-0.1, -0.05) is 19.8 Å². The molecule has 10 heavy (non-hydrogen) atoms. The van der Waals surface area contributed by atoms with Crippen molar-refractivity contribution in [2.45, 2.75) is 45.1 Å². The smallest absolute Gasteiger partial charge is 0.0175 e. The summed E-state index contributed by atoms with van der Waals surface area (Å²) in [5, 5.41) is 3.43. The van der Waals surface area contributed by atoms with E-state index in [1.807, 2.05) is 0 Å². The summed E-state index contributed by atoms with van der Waals surface area (Å²) >= 11 is 0. The molecule has 0 aromatic carbocycles. The highest BCUT2D eigenvalue weighted by atomic mass is 14.9. The molecule has 0 bridgehead atoms. The van der Waals surface area contributed by atoms with E-state index in [0.717, 1.165) is 5.92 Å². The Kier molecular flexibility index (Phi) is 2.35. The van der Waals surface area contributed by atoms with Gasteiger partial charge in [0.05, 0.1) is 0 Å². The number of nitrogens with one attached hydrogen (secondary N) is 1. The van der Waals surface area contributed by atoms with Crippen molar-refractivity contribution in [1.29, 1.82) is 0 Å². The van der Waals surface area contributed by atoms with Crippen LogP contribution in [0.3, 0.4) is 0 Å². The first-order valence-corrected chi connectivity index (χ1v) is 4.38. The number of rotatable bonds is 1. The van der Waals surface area contributed by atoms with Gasteiger partial charge in [-0.25, -0.2) is 0 Å². The first-order chi connectivity index (χ1) is 4.69. The fraction of sp³-hybridized carbons (Fsp3) is 1.00. The summed E-state index contributed by atoms with van der Waals surface area (Å²) in [5.74, 6) is 0.853. The van der Waals surface area contributed by atoms with Crippen molar-refractivity contribution in [3.05, 3.63) is 0 Å². The molecule has 0 heterocycles. The normalized spacial score (nSPS) is 41.7. The van der Waals surface area contributed by atoms with Crippen molar-refractivity contribution in [3.63, 3.8) is 0 Å². The Morgan fingerprint density at radius 3 is 2.50 bits per heavy atom. The van der Waals surface area contributed by atoms with E-state index in [0.29, 0.717) is 5.54 Å². The van der Waals surface area contributed by atoms with Crippen LogP contribution >= 0.6 is 0 Å². The SMILES string of the molecule is CNC1(C)CCCCC1C. The predicted octanol–water partition coefficient (Wildman–Crippen LogP) is 2.17. The van der Waals surface area contributed by atoms with E-state index in [9.17, 15) is 0 Å². The van der Waals surface area contributed by atoms with E-state index in [1.54, 1.807) is 0 Å². The molecule has 0 amide bonds. The van der Waals surface area contributed by atoms with E-state index in [-0.39, 0.29) is 0 Å². The first-order valence-electron chi connectivity index (χ1n) is 4.38. The van der Waals surface area contributed by atoms with Crippen LogP contribution in [0.1, 0.15) is 39.5 Å².